The van der Waals surface area contributed by atoms with E-state index in [1.807, 2.05) is 0 Å². The van der Waals surface area contributed by atoms with Crippen LogP contribution in [0.25, 0.3) is 0 Å². The summed E-state index contributed by atoms with van der Waals surface area (Å²) in [5.74, 6) is 0. The molecule has 0 saturated carbocycles. The fraction of sp³-hybridized carbons (Fsp3) is 1.00. The van der Waals surface area contributed by atoms with Gasteiger partial charge in [0.2, 0.25) is 0 Å². The van der Waals surface area contributed by atoms with Crippen LogP contribution >= 0.6 is 15.9 Å². The topological polar surface area (TPSA) is 9.23 Å². The number of halogens is 1. The van der Waals surface area contributed by atoms with E-state index in [0.717, 1.165) is 6.42 Å². The molecule has 1 atom stereocenters. The van der Waals surface area contributed by atoms with E-state index in [-0.39, 0.29) is 5.01 Å². The Bertz CT molecular complexity index is 151. The second kappa shape index (κ2) is 4.94. The van der Waals surface area contributed by atoms with E-state index in [1.165, 1.54) is 6.42 Å². The van der Waals surface area contributed by atoms with Crippen LogP contribution in [0.2, 0.25) is 18.1 Å². The van der Waals surface area contributed by atoms with Crippen LogP contribution in [0.4, 0.5) is 0 Å². The Morgan fingerprint density at radius 2 is 1.77 bits per heavy atom. The summed E-state index contributed by atoms with van der Waals surface area (Å²) < 4.78 is 6.10. The molecule has 13 heavy (non-hydrogen) atoms. The highest BCUT2D eigenvalue weighted by Crippen LogP contribution is 2.38. The third-order valence-corrected chi connectivity index (χ3v) is 8.22. The summed E-state index contributed by atoms with van der Waals surface area (Å²) >= 11 is 3.58. The minimum Gasteiger partial charge on any atom is -0.404 e. The summed E-state index contributed by atoms with van der Waals surface area (Å²) in [5, 5.41) is 0.561. The Balaban J connectivity index is 4.17. The number of rotatable bonds is 4. The highest BCUT2D eigenvalue weighted by Gasteiger charge is 2.38. The average molecular weight is 267 g/mol. The van der Waals surface area contributed by atoms with E-state index in [9.17, 15) is 0 Å². The molecule has 0 spiro atoms. The van der Waals surface area contributed by atoms with Crippen LogP contribution in [0, 0.1) is 0 Å². The Labute approximate surface area is 92.5 Å². The zero-order chi connectivity index (χ0) is 10.7. The summed E-state index contributed by atoms with van der Waals surface area (Å²) in [7, 11) is -1.55. The number of hydrogen-bond donors (Lipinski definition) is 0. The van der Waals surface area contributed by atoms with E-state index in [1.54, 1.807) is 0 Å². The lowest BCUT2D eigenvalue weighted by molar-refractivity contribution is 0.256. The van der Waals surface area contributed by atoms with Gasteiger partial charge in [-0.3, -0.25) is 0 Å². The first-order chi connectivity index (χ1) is 5.70. The molecule has 0 aromatic heterocycles. The fourth-order valence-electron chi connectivity index (χ4n) is 0.782. The van der Waals surface area contributed by atoms with Crippen LogP contribution in [0.5, 0.6) is 0 Å². The third-order valence-electron chi connectivity index (χ3n) is 2.74. The van der Waals surface area contributed by atoms with Crippen molar-refractivity contribution >= 4 is 24.2 Å². The van der Waals surface area contributed by atoms with Gasteiger partial charge in [0, 0.05) is 0 Å². The van der Waals surface area contributed by atoms with Gasteiger partial charge in [-0.1, -0.05) is 50.0 Å². The highest BCUT2D eigenvalue weighted by molar-refractivity contribution is 9.09. The van der Waals surface area contributed by atoms with Crippen molar-refractivity contribution in [3.05, 3.63) is 0 Å². The van der Waals surface area contributed by atoms with Gasteiger partial charge in [0.05, 0.1) is 0 Å². The largest absolute Gasteiger partial charge is 0.404 e. The van der Waals surface area contributed by atoms with Crippen molar-refractivity contribution in [2.24, 2.45) is 0 Å². The van der Waals surface area contributed by atoms with Crippen LogP contribution < -0.4 is 0 Å². The first-order valence-electron chi connectivity index (χ1n) is 5.02. The van der Waals surface area contributed by atoms with Crippen LogP contribution in [0.15, 0.2) is 0 Å². The molecule has 0 aliphatic rings. The molecule has 80 valence electrons. The summed E-state index contributed by atoms with van der Waals surface area (Å²) in [4.78, 5) is 0. The fourth-order valence-corrected chi connectivity index (χ4v) is 3.75. The van der Waals surface area contributed by atoms with Crippen LogP contribution in [-0.2, 0) is 4.43 Å². The molecule has 0 aliphatic heterocycles. The van der Waals surface area contributed by atoms with Gasteiger partial charge in [0.1, 0.15) is 5.01 Å². The standard InChI is InChI=1S/C10H23BrOSi/c1-7-8-9(11)12-13(5,6)10(2,3)4/h9H,7-8H2,1-6H3. The maximum atomic E-state index is 6.10. The Morgan fingerprint density at radius 1 is 1.31 bits per heavy atom. The van der Waals surface area contributed by atoms with E-state index in [2.05, 4.69) is 56.7 Å². The van der Waals surface area contributed by atoms with Crippen molar-refractivity contribution < 1.29 is 4.43 Å². The van der Waals surface area contributed by atoms with Crippen molar-refractivity contribution in [3.63, 3.8) is 0 Å². The molecule has 0 aliphatic carbocycles. The Morgan fingerprint density at radius 3 is 2.08 bits per heavy atom. The summed E-state index contributed by atoms with van der Waals surface area (Å²) in [6, 6.07) is 0. The molecule has 0 bridgehead atoms. The molecule has 0 aromatic rings. The van der Waals surface area contributed by atoms with E-state index in [0.29, 0.717) is 5.04 Å². The Kier molecular flexibility index (Phi) is 5.19. The number of alkyl halides is 1. The van der Waals surface area contributed by atoms with Gasteiger partial charge in [0.15, 0.2) is 8.32 Å². The predicted molar refractivity (Wildman–Crippen MR) is 65.9 cm³/mol. The lowest BCUT2D eigenvalue weighted by atomic mass is 10.2. The first-order valence-corrected chi connectivity index (χ1v) is 8.85. The maximum Gasteiger partial charge on any atom is 0.193 e. The minimum atomic E-state index is -1.55. The second-order valence-corrected chi connectivity index (χ2v) is 10.9. The minimum absolute atomic E-state index is 0.249. The molecule has 0 heterocycles. The third kappa shape index (κ3) is 4.61. The summed E-state index contributed by atoms with van der Waals surface area (Å²) in [5.41, 5.74) is 0. The van der Waals surface area contributed by atoms with Crippen molar-refractivity contribution in [1.29, 1.82) is 0 Å². The smallest absolute Gasteiger partial charge is 0.193 e. The van der Waals surface area contributed by atoms with Gasteiger partial charge in [-0.15, -0.1) is 0 Å². The maximum absolute atomic E-state index is 6.10. The first kappa shape index (κ1) is 13.7. The van der Waals surface area contributed by atoms with Gasteiger partial charge < -0.3 is 4.43 Å². The molecule has 0 rings (SSSR count). The van der Waals surface area contributed by atoms with Gasteiger partial charge in [-0.25, -0.2) is 0 Å². The van der Waals surface area contributed by atoms with Crippen LogP contribution in [0.1, 0.15) is 40.5 Å². The molecule has 3 heteroatoms. The Hall–Kier alpha value is 0.657. The van der Waals surface area contributed by atoms with Gasteiger partial charge in [0.25, 0.3) is 0 Å². The molecule has 1 unspecified atom stereocenters. The van der Waals surface area contributed by atoms with E-state index >= 15 is 0 Å². The van der Waals surface area contributed by atoms with Gasteiger partial charge in [-0.2, -0.15) is 0 Å². The van der Waals surface area contributed by atoms with Crippen molar-refractivity contribution in [3.8, 4) is 0 Å². The van der Waals surface area contributed by atoms with E-state index in [4.69, 9.17) is 4.43 Å². The molecule has 0 amide bonds. The van der Waals surface area contributed by atoms with Crippen LogP contribution in [-0.4, -0.2) is 13.3 Å². The molecule has 0 saturated heterocycles. The second-order valence-electron chi connectivity index (χ2n) is 5.08. The predicted octanol–water partition coefficient (Wildman–Crippen LogP) is 4.53. The van der Waals surface area contributed by atoms with E-state index < -0.39 is 8.32 Å². The van der Waals surface area contributed by atoms with Gasteiger partial charge >= 0.3 is 0 Å². The van der Waals surface area contributed by atoms with Crippen molar-refractivity contribution in [1.82, 2.24) is 0 Å². The van der Waals surface area contributed by atoms with Crippen molar-refractivity contribution in [2.45, 2.75) is 63.7 Å². The average Bonchev–Trinajstić information content (AvgIpc) is 1.83. The summed E-state index contributed by atoms with van der Waals surface area (Å²) in [6.07, 6.45) is 2.27. The normalized spacial score (nSPS) is 15.9. The molecular formula is C10H23BrOSi. The molecule has 0 N–H and O–H groups in total. The van der Waals surface area contributed by atoms with Crippen LogP contribution in [0.3, 0.4) is 0 Å². The van der Waals surface area contributed by atoms with Gasteiger partial charge in [-0.05, 0) is 24.6 Å². The van der Waals surface area contributed by atoms with Crippen molar-refractivity contribution in [2.75, 3.05) is 0 Å². The molecule has 0 fully saturated rings. The highest BCUT2D eigenvalue weighted by atomic mass is 79.9. The molecule has 1 nitrogen and oxygen atoms in total. The SMILES string of the molecule is CCCC(Br)O[Si](C)(C)C(C)(C)C. The zero-order valence-electron chi connectivity index (χ0n) is 9.78. The summed E-state index contributed by atoms with van der Waals surface area (Å²) in [6.45, 7) is 13.6. The lowest BCUT2D eigenvalue weighted by Gasteiger charge is -2.37. The lowest BCUT2D eigenvalue weighted by Crippen LogP contribution is -2.42. The number of hydrogen-bond acceptors (Lipinski definition) is 1. The molecular weight excluding hydrogens is 244 g/mol. The molecule has 0 radical (unpaired) electrons. The molecule has 0 aromatic carbocycles. The zero-order valence-corrected chi connectivity index (χ0v) is 12.4. The monoisotopic (exact) mass is 266 g/mol. The quantitative estimate of drug-likeness (QED) is 0.537.